The summed E-state index contributed by atoms with van der Waals surface area (Å²) in [7, 11) is 0. The molecule has 0 unspecified atom stereocenters. The molecular formula is C9H5Cl3N2. The first kappa shape index (κ1) is 9.84. The Kier molecular flexibility index (Phi) is 2.68. The Morgan fingerprint density at radius 1 is 1.07 bits per heavy atom. The molecule has 1 heterocycles. The highest BCUT2D eigenvalue weighted by molar-refractivity contribution is 6.48. The van der Waals surface area contributed by atoms with E-state index in [1.54, 1.807) is 35.3 Å². The number of nitrogens with zero attached hydrogens (tertiary/aromatic N) is 2. The molecule has 5 heteroatoms. The maximum Gasteiger partial charge on any atom is 0.0864 e. The summed E-state index contributed by atoms with van der Waals surface area (Å²) in [6.45, 7) is 0. The third-order valence-electron chi connectivity index (χ3n) is 1.77. The van der Waals surface area contributed by atoms with E-state index in [1.807, 2.05) is 0 Å². The van der Waals surface area contributed by atoms with Crippen LogP contribution in [0.3, 0.4) is 0 Å². The summed E-state index contributed by atoms with van der Waals surface area (Å²) in [5.41, 5.74) is 0.714. The van der Waals surface area contributed by atoms with Gasteiger partial charge in [0.25, 0.3) is 0 Å². The van der Waals surface area contributed by atoms with Crippen LogP contribution in [-0.2, 0) is 0 Å². The van der Waals surface area contributed by atoms with E-state index in [9.17, 15) is 0 Å². The number of benzene rings is 1. The highest BCUT2D eigenvalue weighted by atomic mass is 35.5. The average Bonchev–Trinajstić information content (AvgIpc) is 2.67. The second kappa shape index (κ2) is 3.81. The molecule has 0 amide bonds. The minimum atomic E-state index is 0.348. The largest absolute Gasteiger partial charge is 0.239 e. The number of hydrogen-bond donors (Lipinski definition) is 0. The van der Waals surface area contributed by atoms with Crippen LogP contribution < -0.4 is 0 Å². The van der Waals surface area contributed by atoms with E-state index in [-0.39, 0.29) is 0 Å². The fraction of sp³-hybridized carbons (Fsp3) is 0. The highest BCUT2D eigenvalue weighted by Crippen LogP contribution is 2.34. The highest BCUT2D eigenvalue weighted by Gasteiger charge is 2.09. The molecule has 2 nitrogen and oxygen atoms in total. The first-order chi connectivity index (χ1) is 6.70. The molecule has 0 saturated carbocycles. The maximum atomic E-state index is 6.01. The summed E-state index contributed by atoms with van der Waals surface area (Å²) in [6.07, 6.45) is 3.45. The first-order valence-corrected chi connectivity index (χ1v) is 4.97. The topological polar surface area (TPSA) is 17.8 Å². The third-order valence-corrected chi connectivity index (χ3v) is 3.05. The van der Waals surface area contributed by atoms with Crippen LogP contribution in [0.25, 0.3) is 5.69 Å². The van der Waals surface area contributed by atoms with Gasteiger partial charge in [-0.05, 0) is 18.2 Å². The van der Waals surface area contributed by atoms with E-state index in [2.05, 4.69) is 5.10 Å². The number of hydrogen-bond acceptors (Lipinski definition) is 1. The molecule has 0 aliphatic carbocycles. The average molecular weight is 248 g/mol. The molecule has 0 saturated heterocycles. The molecule has 0 aliphatic rings. The van der Waals surface area contributed by atoms with Gasteiger partial charge in [0.05, 0.1) is 20.8 Å². The Morgan fingerprint density at radius 2 is 1.86 bits per heavy atom. The molecule has 0 atom stereocenters. The fourth-order valence-electron chi connectivity index (χ4n) is 1.10. The first-order valence-electron chi connectivity index (χ1n) is 3.83. The Labute approximate surface area is 96.0 Å². The number of aromatic nitrogens is 2. The van der Waals surface area contributed by atoms with Crippen molar-refractivity contribution in [3.8, 4) is 5.69 Å². The summed E-state index contributed by atoms with van der Waals surface area (Å²) in [4.78, 5) is 0. The summed E-state index contributed by atoms with van der Waals surface area (Å²) in [5, 5.41) is 5.24. The van der Waals surface area contributed by atoms with E-state index < -0.39 is 0 Å². The minimum absolute atomic E-state index is 0.348. The SMILES string of the molecule is Clc1ccc(-n2cccn2)c(Cl)c1Cl. The van der Waals surface area contributed by atoms with Crippen molar-refractivity contribution >= 4 is 34.8 Å². The van der Waals surface area contributed by atoms with Crippen LogP contribution >= 0.6 is 34.8 Å². The molecule has 0 aliphatic heterocycles. The van der Waals surface area contributed by atoms with Crippen molar-refractivity contribution in [1.29, 1.82) is 0 Å². The number of halogens is 3. The molecular weight excluding hydrogens is 242 g/mol. The van der Waals surface area contributed by atoms with Gasteiger partial charge in [0.2, 0.25) is 0 Å². The standard InChI is InChI=1S/C9H5Cl3N2/c10-6-2-3-7(9(12)8(6)11)14-5-1-4-13-14/h1-5H. The van der Waals surface area contributed by atoms with Crippen molar-refractivity contribution in [3.63, 3.8) is 0 Å². The van der Waals surface area contributed by atoms with Gasteiger partial charge in [-0.15, -0.1) is 0 Å². The van der Waals surface area contributed by atoms with E-state index >= 15 is 0 Å². The van der Waals surface area contributed by atoms with Gasteiger partial charge in [-0.1, -0.05) is 34.8 Å². The van der Waals surface area contributed by atoms with E-state index in [0.29, 0.717) is 20.8 Å². The van der Waals surface area contributed by atoms with Crippen molar-refractivity contribution < 1.29 is 0 Å². The van der Waals surface area contributed by atoms with Gasteiger partial charge in [0, 0.05) is 12.4 Å². The zero-order valence-corrected chi connectivity index (χ0v) is 9.18. The molecule has 1 aromatic heterocycles. The summed E-state index contributed by atoms with van der Waals surface area (Å²) in [6, 6.07) is 5.26. The van der Waals surface area contributed by atoms with Crippen LogP contribution in [0.15, 0.2) is 30.6 Å². The molecule has 14 heavy (non-hydrogen) atoms. The van der Waals surface area contributed by atoms with Gasteiger partial charge in [0.1, 0.15) is 0 Å². The predicted octanol–water partition coefficient (Wildman–Crippen LogP) is 3.83. The van der Waals surface area contributed by atoms with Crippen LogP contribution in [0.2, 0.25) is 15.1 Å². The molecule has 0 bridgehead atoms. The van der Waals surface area contributed by atoms with E-state index in [0.717, 1.165) is 0 Å². The van der Waals surface area contributed by atoms with Gasteiger partial charge >= 0.3 is 0 Å². The molecule has 0 radical (unpaired) electrons. The van der Waals surface area contributed by atoms with Crippen LogP contribution in [-0.4, -0.2) is 9.78 Å². The molecule has 0 spiro atoms. The van der Waals surface area contributed by atoms with Crippen LogP contribution in [0.1, 0.15) is 0 Å². The maximum absolute atomic E-state index is 6.01. The van der Waals surface area contributed by atoms with E-state index in [1.165, 1.54) is 0 Å². The quantitative estimate of drug-likeness (QED) is 0.700. The minimum Gasteiger partial charge on any atom is -0.239 e. The molecule has 72 valence electrons. The molecule has 0 fully saturated rings. The lowest BCUT2D eigenvalue weighted by molar-refractivity contribution is 0.881. The number of rotatable bonds is 1. The zero-order valence-electron chi connectivity index (χ0n) is 6.92. The predicted molar refractivity (Wildman–Crippen MR) is 58.6 cm³/mol. The van der Waals surface area contributed by atoms with Crippen LogP contribution in [0, 0.1) is 0 Å². The lowest BCUT2D eigenvalue weighted by Crippen LogP contribution is -1.95. The van der Waals surface area contributed by atoms with Crippen molar-refractivity contribution in [3.05, 3.63) is 45.7 Å². The van der Waals surface area contributed by atoms with E-state index in [4.69, 9.17) is 34.8 Å². The fourth-order valence-corrected chi connectivity index (χ4v) is 1.72. The van der Waals surface area contributed by atoms with Crippen molar-refractivity contribution in [2.45, 2.75) is 0 Å². The molecule has 0 N–H and O–H groups in total. The Morgan fingerprint density at radius 3 is 2.50 bits per heavy atom. The summed E-state index contributed by atoms with van der Waals surface area (Å²) >= 11 is 17.7. The van der Waals surface area contributed by atoms with Crippen molar-refractivity contribution in [2.24, 2.45) is 0 Å². The Hall–Kier alpha value is -0.700. The smallest absolute Gasteiger partial charge is 0.0864 e. The molecule has 2 aromatic rings. The van der Waals surface area contributed by atoms with Gasteiger partial charge in [-0.2, -0.15) is 5.10 Å². The van der Waals surface area contributed by atoms with Gasteiger partial charge in [0.15, 0.2) is 0 Å². The van der Waals surface area contributed by atoms with Gasteiger partial charge in [-0.25, -0.2) is 4.68 Å². The lowest BCUT2D eigenvalue weighted by atomic mass is 10.3. The third kappa shape index (κ3) is 1.61. The second-order valence-electron chi connectivity index (χ2n) is 2.65. The summed E-state index contributed by atoms with van der Waals surface area (Å²) in [5.74, 6) is 0. The van der Waals surface area contributed by atoms with Gasteiger partial charge < -0.3 is 0 Å². The van der Waals surface area contributed by atoms with Crippen molar-refractivity contribution in [2.75, 3.05) is 0 Å². The van der Waals surface area contributed by atoms with Crippen molar-refractivity contribution in [1.82, 2.24) is 9.78 Å². The Bertz CT molecular complexity index is 451. The van der Waals surface area contributed by atoms with Crippen LogP contribution in [0.5, 0.6) is 0 Å². The van der Waals surface area contributed by atoms with Crippen LogP contribution in [0.4, 0.5) is 0 Å². The molecule has 1 aromatic carbocycles. The molecule has 2 rings (SSSR count). The van der Waals surface area contributed by atoms with Gasteiger partial charge in [-0.3, -0.25) is 0 Å². The second-order valence-corrected chi connectivity index (χ2v) is 3.81. The normalized spacial score (nSPS) is 10.5. The Balaban J connectivity index is 2.61. The summed E-state index contributed by atoms with van der Waals surface area (Å²) < 4.78 is 1.63. The lowest BCUT2D eigenvalue weighted by Gasteiger charge is -2.06. The zero-order chi connectivity index (χ0) is 10.1. The monoisotopic (exact) mass is 246 g/mol.